The van der Waals surface area contributed by atoms with E-state index in [2.05, 4.69) is 27.6 Å². The van der Waals surface area contributed by atoms with Gasteiger partial charge in [0.2, 0.25) is 10.0 Å². The average molecular weight is 414 g/mol. The van der Waals surface area contributed by atoms with Crippen molar-refractivity contribution in [1.29, 1.82) is 0 Å². The topological polar surface area (TPSA) is 52.7 Å². The van der Waals surface area contributed by atoms with Crippen molar-refractivity contribution in [3.63, 3.8) is 0 Å². The second kappa shape index (κ2) is 8.37. The van der Waals surface area contributed by atoms with Gasteiger partial charge in [0.1, 0.15) is 0 Å². The highest BCUT2D eigenvalue weighted by molar-refractivity contribution is 7.89. The fourth-order valence-electron chi connectivity index (χ4n) is 3.17. The maximum absolute atomic E-state index is 12.8. The van der Waals surface area contributed by atoms with Crippen LogP contribution in [0.2, 0.25) is 5.02 Å². The van der Waals surface area contributed by atoms with Crippen LogP contribution in [0.3, 0.4) is 0 Å². The van der Waals surface area contributed by atoms with Gasteiger partial charge in [-0.3, -0.25) is 4.90 Å². The van der Waals surface area contributed by atoms with Gasteiger partial charge in [-0.2, -0.15) is 0 Å². The standard InChI is InChI=1S/C18H24ClN3O2S2/c1-14-15(19)5-3-7-18(14)26(23,24)20-13-16(17-6-4-12-25-17)22-10-8-21(2)9-11-22/h3-7,12,16,20H,8-11,13H2,1-2H3. The Morgan fingerprint density at radius 1 is 1.19 bits per heavy atom. The first kappa shape index (κ1) is 19.8. The zero-order chi connectivity index (χ0) is 18.7. The van der Waals surface area contributed by atoms with Crippen molar-refractivity contribution < 1.29 is 8.42 Å². The molecule has 0 amide bonds. The highest BCUT2D eigenvalue weighted by Crippen LogP contribution is 2.27. The van der Waals surface area contributed by atoms with Gasteiger partial charge in [-0.05, 0) is 43.1 Å². The number of piperazine rings is 1. The van der Waals surface area contributed by atoms with Gasteiger partial charge in [0.25, 0.3) is 0 Å². The van der Waals surface area contributed by atoms with E-state index < -0.39 is 10.0 Å². The normalized spacial score (nSPS) is 18.1. The molecule has 2 heterocycles. The molecule has 2 aromatic rings. The lowest BCUT2D eigenvalue weighted by Crippen LogP contribution is -2.48. The Bertz CT molecular complexity index is 832. The minimum atomic E-state index is -3.62. The average Bonchev–Trinajstić information content (AvgIpc) is 3.13. The third-order valence-electron chi connectivity index (χ3n) is 4.82. The summed E-state index contributed by atoms with van der Waals surface area (Å²) < 4.78 is 28.4. The van der Waals surface area contributed by atoms with Crippen LogP contribution in [0.15, 0.2) is 40.6 Å². The molecular weight excluding hydrogens is 390 g/mol. The lowest BCUT2D eigenvalue weighted by atomic mass is 10.2. The fraction of sp³-hybridized carbons (Fsp3) is 0.444. The summed E-state index contributed by atoms with van der Waals surface area (Å²) in [4.78, 5) is 6.08. The van der Waals surface area contributed by atoms with Crippen LogP contribution in [-0.4, -0.2) is 58.0 Å². The SMILES string of the molecule is Cc1c(Cl)cccc1S(=O)(=O)NCC(c1cccs1)N1CCN(C)CC1. The molecule has 1 N–H and O–H groups in total. The molecule has 1 aliphatic rings. The van der Waals surface area contributed by atoms with Crippen LogP contribution in [0.1, 0.15) is 16.5 Å². The number of nitrogens with zero attached hydrogens (tertiary/aromatic N) is 2. The summed E-state index contributed by atoms with van der Waals surface area (Å²) in [6.45, 7) is 5.91. The van der Waals surface area contributed by atoms with Crippen molar-refractivity contribution in [3.05, 3.63) is 51.2 Å². The summed E-state index contributed by atoms with van der Waals surface area (Å²) >= 11 is 7.76. The monoisotopic (exact) mass is 413 g/mol. The quantitative estimate of drug-likeness (QED) is 0.791. The third-order valence-corrected chi connectivity index (χ3v) is 7.78. The number of hydrogen-bond acceptors (Lipinski definition) is 5. The predicted molar refractivity (Wildman–Crippen MR) is 108 cm³/mol. The van der Waals surface area contributed by atoms with Crippen LogP contribution in [0.4, 0.5) is 0 Å². The largest absolute Gasteiger partial charge is 0.304 e. The van der Waals surface area contributed by atoms with E-state index in [1.54, 1.807) is 36.5 Å². The van der Waals surface area contributed by atoms with E-state index >= 15 is 0 Å². The number of likely N-dealkylation sites (N-methyl/N-ethyl adjacent to an activating group) is 1. The van der Waals surface area contributed by atoms with Crippen LogP contribution in [-0.2, 0) is 10.0 Å². The van der Waals surface area contributed by atoms with Gasteiger partial charge >= 0.3 is 0 Å². The summed E-state index contributed by atoms with van der Waals surface area (Å²) in [7, 11) is -1.50. The molecule has 0 spiro atoms. The molecule has 0 saturated carbocycles. The maximum atomic E-state index is 12.8. The molecule has 142 valence electrons. The summed E-state index contributed by atoms with van der Waals surface area (Å²) in [5.74, 6) is 0. The van der Waals surface area contributed by atoms with E-state index in [0.29, 0.717) is 17.1 Å². The summed E-state index contributed by atoms with van der Waals surface area (Å²) in [6, 6.07) is 9.10. The molecule has 1 aromatic carbocycles. The van der Waals surface area contributed by atoms with E-state index in [4.69, 9.17) is 11.6 Å². The lowest BCUT2D eigenvalue weighted by molar-refractivity contribution is 0.114. The Kier molecular flexibility index (Phi) is 6.37. The molecule has 1 fully saturated rings. The number of sulfonamides is 1. The molecule has 1 aliphatic heterocycles. The van der Waals surface area contributed by atoms with Gasteiger partial charge in [0.15, 0.2) is 0 Å². The minimum Gasteiger partial charge on any atom is -0.304 e. The second-order valence-electron chi connectivity index (χ2n) is 6.59. The van der Waals surface area contributed by atoms with Crippen LogP contribution in [0.5, 0.6) is 0 Å². The first-order valence-corrected chi connectivity index (χ1v) is 11.3. The van der Waals surface area contributed by atoms with Crippen molar-refractivity contribution in [1.82, 2.24) is 14.5 Å². The Balaban J connectivity index is 1.78. The Morgan fingerprint density at radius 3 is 2.58 bits per heavy atom. The van der Waals surface area contributed by atoms with Gasteiger partial charge in [0, 0.05) is 42.6 Å². The zero-order valence-corrected chi connectivity index (χ0v) is 17.4. The highest BCUT2D eigenvalue weighted by Gasteiger charge is 2.27. The molecule has 1 aromatic heterocycles. The van der Waals surface area contributed by atoms with Crippen molar-refractivity contribution in [2.75, 3.05) is 39.8 Å². The molecular formula is C18H24ClN3O2S2. The molecule has 1 unspecified atom stereocenters. The van der Waals surface area contributed by atoms with E-state index in [0.717, 1.165) is 26.2 Å². The lowest BCUT2D eigenvalue weighted by Gasteiger charge is -2.37. The molecule has 26 heavy (non-hydrogen) atoms. The fourth-order valence-corrected chi connectivity index (χ4v) is 5.56. The van der Waals surface area contributed by atoms with Crippen molar-refractivity contribution in [2.24, 2.45) is 0 Å². The molecule has 5 nitrogen and oxygen atoms in total. The number of hydrogen-bond donors (Lipinski definition) is 1. The number of benzene rings is 1. The highest BCUT2D eigenvalue weighted by atomic mass is 35.5. The zero-order valence-electron chi connectivity index (χ0n) is 15.0. The molecule has 8 heteroatoms. The molecule has 0 radical (unpaired) electrons. The van der Waals surface area contributed by atoms with E-state index in [1.807, 2.05) is 11.4 Å². The van der Waals surface area contributed by atoms with Crippen molar-refractivity contribution in [2.45, 2.75) is 17.9 Å². The van der Waals surface area contributed by atoms with E-state index in [-0.39, 0.29) is 10.9 Å². The van der Waals surface area contributed by atoms with Gasteiger partial charge in [0.05, 0.1) is 10.9 Å². The maximum Gasteiger partial charge on any atom is 0.240 e. The van der Waals surface area contributed by atoms with Crippen LogP contribution in [0, 0.1) is 6.92 Å². The third kappa shape index (κ3) is 4.47. The molecule has 1 atom stereocenters. The number of nitrogens with one attached hydrogen (secondary N) is 1. The molecule has 1 saturated heterocycles. The number of rotatable bonds is 6. The summed E-state index contributed by atoms with van der Waals surface area (Å²) in [6.07, 6.45) is 0. The Morgan fingerprint density at radius 2 is 1.92 bits per heavy atom. The first-order chi connectivity index (χ1) is 12.4. The Hall–Kier alpha value is -0.960. The van der Waals surface area contributed by atoms with Gasteiger partial charge in [-0.1, -0.05) is 23.7 Å². The number of halogens is 1. The van der Waals surface area contributed by atoms with E-state index in [9.17, 15) is 8.42 Å². The van der Waals surface area contributed by atoms with Crippen LogP contribution < -0.4 is 4.72 Å². The van der Waals surface area contributed by atoms with Crippen molar-refractivity contribution >= 4 is 33.0 Å². The predicted octanol–water partition coefficient (Wildman–Crippen LogP) is 2.98. The first-order valence-electron chi connectivity index (χ1n) is 8.59. The van der Waals surface area contributed by atoms with Gasteiger partial charge < -0.3 is 4.90 Å². The smallest absolute Gasteiger partial charge is 0.240 e. The van der Waals surface area contributed by atoms with Crippen LogP contribution >= 0.6 is 22.9 Å². The second-order valence-corrected chi connectivity index (χ2v) is 9.71. The van der Waals surface area contributed by atoms with Gasteiger partial charge in [-0.25, -0.2) is 13.1 Å². The molecule has 3 rings (SSSR count). The summed E-state index contributed by atoms with van der Waals surface area (Å²) in [5.41, 5.74) is 0.578. The Labute approximate surface area is 164 Å². The van der Waals surface area contributed by atoms with Gasteiger partial charge in [-0.15, -0.1) is 11.3 Å². The molecule has 0 bridgehead atoms. The van der Waals surface area contributed by atoms with Crippen LogP contribution in [0.25, 0.3) is 0 Å². The van der Waals surface area contributed by atoms with E-state index in [1.165, 1.54) is 4.88 Å². The molecule has 0 aliphatic carbocycles. The van der Waals surface area contributed by atoms with Crippen molar-refractivity contribution in [3.8, 4) is 0 Å². The number of thiophene rings is 1. The summed E-state index contributed by atoms with van der Waals surface area (Å²) in [5, 5.41) is 2.50. The minimum absolute atomic E-state index is 0.0398.